The lowest BCUT2D eigenvalue weighted by atomic mass is 10.3. The van der Waals surface area contributed by atoms with Crippen LogP contribution in [0.3, 0.4) is 0 Å². The summed E-state index contributed by atoms with van der Waals surface area (Å²) in [7, 11) is -1.67. The van der Waals surface area contributed by atoms with E-state index in [0.29, 0.717) is 19.4 Å². The van der Waals surface area contributed by atoms with Gasteiger partial charge in [-0.05, 0) is 12.5 Å². The Balaban J connectivity index is 2.57. The molecule has 1 atom stereocenters. The highest BCUT2D eigenvalue weighted by atomic mass is 32.2. The van der Waals surface area contributed by atoms with Crippen LogP contribution in [0.25, 0.3) is 0 Å². The second-order valence-electron chi connectivity index (χ2n) is 3.93. The third-order valence-electron chi connectivity index (χ3n) is 2.67. The lowest BCUT2D eigenvalue weighted by Gasteiger charge is -2.15. The van der Waals surface area contributed by atoms with E-state index in [4.69, 9.17) is 18.0 Å². The molecule has 0 aliphatic rings. The van der Waals surface area contributed by atoms with Crippen molar-refractivity contribution in [1.82, 2.24) is 14.5 Å². The summed E-state index contributed by atoms with van der Waals surface area (Å²) in [6.45, 7) is 2.05. The fraction of sp³-hybridized carbons (Fsp3) is 0.600. The predicted molar refractivity (Wildman–Crippen MR) is 74.7 cm³/mol. The van der Waals surface area contributed by atoms with Crippen LogP contribution in [0, 0.1) is 0 Å². The molecule has 0 aliphatic carbocycles. The van der Waals surface area contributed by atoms with Gasteiger partial charge in [0.15, 0.2) is 0 Å². The molecule has 6 nitrogen and oxygen atoms in total. The first-order chi connectivity index (χ1) is 8.38. The standard InChI is InChI=1S/C10H18N4O2S2/c1-3-9(10(11)17)18(15,16)13-7-5-8-4-6-12-14(8)2/h4,6,9,13H,3,5,7H2,1-2H3,(H2,11,17). The average molecular weight is 290 g/mol. The van der Waals surface area contributed by atoms with E-state index < -0.39 is 15.3 Å². The maximum Gasteiger partial charge on any atom is 0.221 e. The van der Waals surface area contributed by atoms with E-state index in [9.17, 15) is 8.42 Å². The van der Waals surface area contributed by atoms with E-state index >= 15 is 0 Å². The molecule has 1 rings (SSSR count). The summed E-state index contributed by atoms with van der Waals surface area (Å²) in [5.74, 6) is 0. The maximum absolute atomic E-state index is 11.9. The molecule has 0 spiro atoms. The molecular weight excluding hydrogens is 272 g/mol. The molecule has 1 aromatic rings. The monoisotopic (exact) mass is 290 g/mol. The smallest absolute Gasteiger partial charge is 0.221 e. The van der Waals surface area contributed by atoms with Gasteiger partial charge in [0.05, 0.1) is 4.99 Å². The zero-order valence-electron chi connectivity index (χ0n) is 10.5. The number of thiocarbonyl (C=S) groups is 1. The molecule has 1 unspecified atom stereocenters. The molecular formula is C10H18N4O2S2. The minimum absolute atomic E-state index is 0.00512. The minimum Gasteiger partial charge on any atom is -0.392 e. The number of nitrogens with one attached hydrogen (secondary N) is 1. The van der Waals surface area contributed by atoms with Gasteiger partial charge >= 0.3 is 0 Å². The van der Waals surface area contributed by atoms with Crippen LogP contribution in [-0.2, 0) is 23.5 Å². The van der Waals surface area contributed by atoms with Crippen molar-refractivity contribution in [2.45, 2.75) is 25.0 Å². The molecule has 0 fully saturated rings. The first-order valence-electron chi connectivity index (χ1n) is 5.63. The van der Waals surface area contributed by atoms with Crippen LogP contribution in [0.4, 0.5) is 0 Å². The number of nitrogens with zero attached hydrogens (tertiary/aromatic N) is 2. The molecule has 1 aromatic heterocycles. The Bertz CT molecular complexity index is 510. The highest BCUT2D eigenvalue weighted by Crippen LogP contribution is 2.05. The molecule has 0 amide bonds. The number of aryl methyl sites for hydroxylation is 1. The number of hydrogen-bond donors (Lipinski definition) is 2. The molecule has 0 radical (unpaired) electrons. The molecule has 0 saturated heterocycles. The van der Waals surface area contributed by atoms with E-state index in [1.807, 2.05) is 13.1 Å². The summed E-state index contributed by atoms with van der Waals surface area (Å²) in [6, 6.07) is 1.85. The minimum atomic E-state index is -3.48. The summed E-state index contributed by atoms with van der Waals surface area (Å²) in [4.78, 5) is 0.00512. The summed E-state index contributed by atoms with van der Waals surface area (Å²) in [6.07, 6.45) is 2.62. The van der Waals surface area contributed by atoms with Crippen molar-refractivity contribution in [2.24, 2.45) is 12.8 Å². The van der Waals surface area contributed by atoms with Crippen LogP contribution in [0.1, 0.15) is 19.0 Å². The van der Waals surface area contributed by atoms with Gasteiger partial charge in [0.25, 0.3) is 0 Å². The highest BCUT2D eigenvalue weighted by Gasteiger charge is 2.25. The fourth-order valence-electron chi connectivity index (χ4n) is 1.64. The zero-order chi connectivity index (χ0) is 13.8. The van der Waals surface area contributed by atoms with Gasteiger partial charge < -0.3 is 5.73 Å². The quantitative estimate of drug-likeness (QED) is 0.687. The van der Waals surface area contributed by atoms with Gasteiger partial charge in [-0.1, -0.05) is 19.1 Å². The Morgan fingerprint density at radius 1 is 1.67 bits per heavy atom. The Morgan fingerprint density at radius 3 is 2.78 bits per heavy atom. The number of hydrogen-bond acceptors (Lipinski definition) is 4. The molecule has 102 valence electrons. The molecule has 0 aromatic carbocycles. The van der Waals surface area contributed by atoms with E-state index in [1.165, 1.54) is 0 Å². The lowest BCUT2D eigenvalue weighted by Crippen LogP contribution is -2.42. The van der Waals surface area contributed by atoms with Crippen molar-refractivity contribution in [3.8, 4) is 0 Å². The third-order valence-corrected chi connectivity index (χ3v) is 5.05. The lowest BCUT2D eigenvalue weighted by molar-refractivity contribution is 0.572. The van der Waals surface area contributed by atoms with Gasteiger partial charge in [-0.15, -0.1) is 0 Å². The normalized spacial score (nSPS) is 13.4. The van der Waals surface area contributed by atoms with E-state index in [0.717, 1.165) is 5.69 Å². The number of rotatable bonds is 7. The van der Waals surface area contributed by atoms with Crippen molar-refractivity contribution in [3.63, 3.8) is 0 Å². The Kier molecular flexibility index (Phi) is 5.24. The second kappa shape index (κ2) is 6.26. The molecule has 3 N–H and O–H groups in total. The molecule has 0 saturated carbocycles. The zero-order valence-corrected chi connectivity index (χ0v) is 12.1. The SMILES string of the molecule is CCC(C(N)=S)S(=O)(=O)NCCc1ccnn1C. The van der Waals surface area contributed by atoms with E-state index in [-0.39, 0.29) is 4.99 Å². The van der Waals surface area contributed by atoms with Crippen molar-refractivity contribution in [1.29, 1.82) is 0 Å². The van der Waals surface area contributed by atoms with Gasteiger partial charge in [-0.2, -0.15) is 5.10 Å². The van der Waals surface area contributed by atoms with Crippen molar-refractivity contribution in [3.05, 3.63) is 18.0 Å². The summed E-state index contributed by atoms with van der Waals surface area (Å²) < 4.78 is 28.1. The Morgan fingerprint density at radius 2 is 2.33 bits per heavy atom. The third kappa shape index (κ3) is 3.76. The number of aromatic nitrogens is 2. The van der Waals surface area contributed by atoms with Crippen molar-refractivity contribution < 1.29 is 8.42 Å². The van der Waals surface area contributed by atoms with Gasteiger partial charge in [-0.25, -0.2) is 13.1 Å². The van der Waals surface area contributed by atoms with E-state index in [1.54, 1.807) is 17.8 Å². The maximum atomic E-state index is 11.9. The molecule has 0 aliphatic heterocycles. The fourth-order valence-corrected chi connectivity index (χ4v) is 3.52. The number of nitrogens with two attached hydrogens (primary N) is 1. The van der Waals surface area contributed by atoms with Gasteiger partial charge in [0.1, 0.15) is 5.25 Å². The van der Waals surface area contributed by atoms with Crippen LogP contribution in [-0.4, -0.2) is 35.0 Å². The molecule has 0 bridgehead atoms. The second-order valence-corrected chi connectivity index (χ2v) is 6.35. The number of sulfonamides is 1. The first-order valence-corrected chi connectivity index (χ1v) is 7.58. The van der Waals surface area contributed by atoms with Gasteiger partial charge in [-0.3, -0.25) is 4.68 Å². The van der Waals surface area contributed by atoms with Gasteiger partial charge in [0.2, 0.25) is 10.0 Å². The van der Waals surface area contributed by atoms with E-state index in [2.05, 4.69) is 9.82 Å². The van der Waals surface area contributed by atoms with Crippen LogP contribution in [0.5, 0.6) is 0 Å². The molecule has 8 heteroatoms. The summed E-state index contributed by atoms with van der Waals surface area (Å²) in [5.41, 5.74) is 6.38. The molecule has 1 heterocycles. The van der Waals surface area contributed by atoms with Crippen LogP contribution >= 0.6 is 12.2 Å². The largest absolute Gasteiger partial charge is 0.392 e. The van der Waals surface area contributed by atoms with Crippen LogP contribution < -0.4 is 10.5 Å². The Labute approximate surface area is 113 Å². The average Bonchev–Trinajstić information content (AvgIpc) is 2.64. The van der Waals surface area contributed by atoms with Crippen LogP contribution in [0.2, 0.25) is 0 Å². The van der Waals surface area contributed by atoms with Crippen molar-refractivity contribution in [2.75, 3.05) is 6.54 Å². The predicted octanol–water partition coefficient (Wildman–Crippen LogP) is -0.0533. The van der Waals surface area contributed by atoms with Gasteiger partial charge in [0, 0.05) is 31.9 Å². The summed E-state index contributed by atoms with van der Waals surface area (Å²) >= 11 is 4.76. The topological polar surface area (TPSA) is 90.0 Å². The molecule has 18 heavy (non-hydrogen) atoms. The van der Waals surface area contributed by atoms with Crippen LogP contribution in [0.15, 0.2) is 12.3 Å². The first kappa shape index (κ1) is 15.1. The highest BCUT2D eigenvalue weighted by molar-refractivity contribution is 7.93. The Hall–Kier alpha value is -0.990. The van der Waals surface area contributed by atoms with Crippen molar-refractivity contribution >= 4 is 27.2 Å². The summed E-state index contributed by atoms with van der Waals surface area (Å²) in [5, 5.41) is 3.20.